The minimum absolute atomic E-state index is 0.0649. The van der Waals surface area contributed by atoms with Crippen molar-refractivity contribution in [1.82, 2.24) is 15.0 Å². The van der Waals surface area contributed by atoms with Crippen molar-refractivity contribution in [2.45, 2.75) is 44.8 Å². The lowest BCUT2D eigenvalue weighted by molar-refractivity contribution is -0.0350. The summed E-state index contributed by atoms with van der Waals surface area (Å²) in [5.74, 6) is 1.97. The van der Waals surface area contributed by atoms with Gasteiger partial charge < -0.3 is 15.0 Å². The van der Waals surface area contributed by atoms with Crippen molar-refractivity contribution in [2.75, 3.05) is 26.2 Å². The molecule has 0 bridgehead atoms. The first kappa shape index (κ1) is 14.0. The van der Waals surface area contributed by atoms with Crippen LogP contribution in [0.2, 0.25) is 0 Å². The minimum Gasteiger partial charge on any atom is -0.367 e. The van der Waals surface area contributed by atoms with Gasteiger partial charge in [-0.2, -0.15) is 4.98 Å². The zero-order valence-electron chi connectivity index (χ0n) is 12.1. The molecule has 1 saturated carbocycles. The monoisotopic (exact) mass is 280 g/mol. The van der Waals surface area contributed by atoms with E-state index in [1.54, 1.807) is 0 Å². The highest BCUT2D eigenvalue weighted by Crippen LogP contribution is 2.32. The van der Waals surface area contributed by atoms with E-state index in [9.17, 15) is 0 Å². The molecule has 2 atom stereocenters. The quantitative estimate of drug-likeness (QED) is 0.841. The molecule has 2 fully saturated rings. The largest absolute Gasteiger partial charge is 0.367 e. The van der Waals surface area contributed by atoms with Crippen molar-refractivity contribution >= 4 is 0 Å². The van der Waals surface area contributed by atoms with Crippen LogP contribution in [0, 0.1) is 5.92 Å². The maximum atomic E-state index is 6.09. The van der Waals surface area contributed by atoms with Crippen molar-refractivity contribution in [3.05, 3.63) is 11.7 Å². The van der Waals surface area contributed by atoms with E-state index in [0.29, 0.717) is 24.1 Å². The molecule has 112 valence electrons. The lowest BCUT2D eigenvalue weighted by Gasteiger charge is -2.30. The first-order valence-electron chi connectivity index (χ1n) is 7.68. The van der Waals surface area contributed by atoms with Gasteiger partial charge in [0.15, 0.2) is 0 Å². The summed E-state index contributed by atoms with van der Waals surface area (Å²) in [6.45, 7) is 5.85. The normalized spacial score (nSPS) is 25.8. The van der Waals surface area contributed by atoms with Crippen LogP contribution in [0.1, 0.15) is 44.0 Å². The molecule has 2 heterocycles. The summed E-state index contributed by atoms with van der Waals surface area (Å²) >= 11 is 0. The van der Waals surface area contributed by atoms with E-state index in [1.165, 1.54) is 12.8 Å². The van der Waals surface area contributed by atoms with Crippen LogP contribution in [0.4, 0.5) is 0 Å². The number of morpholine rings is 1. The van der Waals surface area contributed by atoms with Crippen LogP contribution < -0.4 is 5.73 Å². The molecule has 1 aromatic heterocycles. The van der Waals surface area contributed by atoms with Crippen LogP contribution in [0.15, 0.2) is 4.52 Å². The van der Waals surface area contributed by atoms with E-state index in [0.717, 1.165) is 32.7 Å². The number of aromatic nitrogens is 2. The van der Waals surface area contributed by atoms with Gasteiger partial charge in [0, 0.05) is 25.6 Å². The molecule has 1 saturated heterocycles. The Labute approximate surface area is 119 Å². The zero-order valence-corrected chi connectivity index (χ0v) is 12.1. The van der Waals surface area contributed by atoms with E-state index < -0.39 is 0 Å². The topological polar surface area (TPSA) is 77.4 Å². The van der Waals surface area contributed by atoms with Gasteiger partial charge in [-0.1, -0.05) is 12.1 Å². The lowest BCUT2D eigenvalue weighted by Crippen LogP contribution is -2.39. The molecule has 2 unspecified atom stereocenters. The van der Waals surface area contributed by atoms with E-state index in [4.69, 9.17) is 15.0 Å². The van der Waals surface area contributed by atoms with Gasteiger partial charge in [-0.25, -0.2) is 0 Å². The smallest absolute Gasteiger partial charge is 0.228 e. The first-order valence-corrected chi connectivity index (χ1v) is 7.68. The van der Waals surface area contributed by atoms with Gasteiger partial charge >= 0.3 is 0 Å². The highest BCUT2D eigenvalue weighted by atomic mass is 16.5. The fourth-order valence-electron chi connectivity index (χ4n) is 2.75. The summed E-state index contributed by atoms with van der Waals surface area (Å²) in [4.78, 5) is 6.86. The number of nitrogens with zero attached hydrogens (tertiary/aromatic N) is 3. The zero-order chi connectivity index (χ0) is 13.9. The standard InChI is InChI=1S/C14H24N4O2/c1-2-5-18-6-7-19-12(9-18)14-16-13(20-17-14)8-11(15)10-3-4-10/h10-12H,2-9,15H2,1H3. The van der Waals surface area contributed by atoms with Crippen molar-refractivity contribution < 1.29 is 9.26 Å². The highest BCUT2D eigenvalue weighted by Gasteiger charge is 2.31. The van der Waals surface area contributed by atoms with Crippen LogP contribution in [0.5, 0.6) is 0 Å². The molecule has 0 radical (unpaired) electrons. The van der Waals surface area contributed by atoms with E-state index in [2.05, 4.69) is 22.0 Å². The molecule has 2 aliphatic rings. The molecule has 6 nitrogen and oxygen atoms in total. The summed E-state index contributed by atoms with van der Waals surface area (Å²) in [7, 11) is 0. The fraction of sp³-hybridized carbons (Fsp3) is 0.857. The lowest BCUT2D eigenvalue weighted by atomic mass is 10.1. The summed E-state index contributed by atoms with van der Waals surface area (Å²) in [5.41, 5.74) is 6.09. The van der Waals surface area contributed by atoms with Gasteiger partial charge in [0.05, 0.1) is 6.61 Å². The molecule has 20 heavy (non-hydrogen) atoms. The Morgan fingerprint density at radius 3 is 3.05 bits per heavy atom. The first-order chi connectivity index (χ1) is 9.76. The van der Waals surface area contributed by atoms with Crippen LogP contribution in [-0.2, 0) is 11.2 Å². The van der Waals surface area contributed by atoms with Crippen LogP contribution in [0.3, 0.4) is 0 Å². The summed E-state index contributed by atoms with van der Waals surface area (Å²) in [5, 5.41) is 4.07. The number of ether oxygens (including phenoxy) is 1. The van der Waals surface area contributed by atoms with Gasteiger partial charge in [-0.15, -0.1) is 0 Å². The molecular formula is C14H24N4O2. The van der Waals surface area contributed by atoms with Crippen LogP contribution >= 0.6 is 0 Å². The molecule has 0 spiro atoms. The van der Waals surface area contributed by atoms with Gasteiger partial charge in [-0.05, 0) is 31.7 Å². The van der Waals surface area contributed by atoms with Gasteiger partial charge in [0.2, 0.25) is 11.7 Å². The Bertz CT molecular complexity index is 431. The Morgan fingerprint density at radius 1 is 1.45 bits per heavy atom. The second kappa shape index (κ2) is 6.20. The summed E-state index contributed by atoms with van der Waals surface area (Å²) in [6, 6.07) is 0.159. The Kier molecular flexibility index (Phi) is 4.33. The third kappa shape index (κ3) is 3.37. The Balaban J connectivity index is 1.57. The number of nitrogens with two attached hydrogens (primary N) is 1. The summed E-state index contributed by atoms with van der Waals surface area (Å²) in [6.07, 6.45) is 4.24. The number of hydrogen-bond acceptors (Lipinski definition) is 6. The molecule has 0 aromatic carbocycles. The predicted octanol–water partition coefficient (Wildman–Crippen LogP) is 1.13. The fourth-order valence-corrected chi connectivity index (χ4v) is 2.75. The second-order valence-electron chi connectivity index (χ2n) is 5.91. The van der Waals surface area contributed by atoms with Crippen molar-refractivity contribution in [3.8, 4) is 0 Å². The van der Waals surface area contributed by atoms with Gasteiger partial charge in [0.1, 0.15) is 6.10 Å². The number of rotatable bonds is 6. The molecule has 3 rings (SSSR count). The molecule has 1 aliphatic heterocycles. The Morgan fingerprint density at radius 2 is 2.30 bits per heavy atom. The summed E-state index contributed by atoms with van der Waals surface area (Å²) < 4.78 is 11.1. The van der Waals surface area contributed by atoms with Crippen LogP contribution in [0.25, 0.3) is 0 Å². The van der Waals surface area contributed by atoms with Crippen molar-refractivity contribution in [3.63, 3.8) is 0 Å². The highest BCUT2D eigenvalue weighted by molar-refractivity contribution is 4.97. The van der Waals surface area contributed by atoms with E-state index in [-0.39, 0.29) is 12.1 Å². The molecular weight excluding hydrogens is 256 g/mol. The minimum atomic E-state index is -0.0649. The second-order valence-corrected chi connectivity index (χ2v) is 5.91. The number of hydrogen-bond donors (Lipinski definition) is 1. The molecule has 6 heteroatoms. The van der Waals surface area contributed by atoms with Gasteiger partial charge in [0.25, 0.3) is 0 Å². The molecule has 1 aromatic rings. The van der Waals surface area contributed by atoms with Crippen molar-refractivity contribution in [2.24, 2.45) is 11.7 Å². The third-order valence-corrected chi connectivity index (χ3v) is 4.10. The molecule has 1 aliphatic carbocycles. The maximum Gasteiger partial charge on any atom is 0.228 e. The van der Waals surface area contributed by atoms with E-state index >= 15 is 0 Å². The SMILES string of the molecule is CCCN1CCOC(c2noc(CC(N)C3CC3)n2)C1. The van der Waals surface area contributed by atoms with Crippen molar-refractivity contribution in [1.29, 1.82) is 0 Å². The predicted molar refractivity (Wildman–Crippen MR) is 74.1 cm³/mol. The molecule has 0 amide bonds. The van der Waals surface area contributed by atoms with Crippen LogP contribution in [-0.4, -0.2) is 47.3 Å². The maximum absolute atomic E-state index is 6.09. The van der Waals surface area contributed by atoms with E-state index in [1.807, 2.05) is 0 Å². The third-order valence-electron chi connectivity index (χ3n) is 4.10. The average Bonchev–Trinajstić information content (AvgIpc) is 3.20. The molecule has 2 N–H and O–H groups in total. The van der Waals surface area contributed by atoms with Gasteiger partial charge in [-0.3, -0.25) is 4.90 Å². The average molecular weight is 280 g/mol. The Hall–Kier alpha value is -0.980.